The molecule has 1 aromatic carbocycles. The summed E-state index contributed by atoms with van der Waals surface area (Å²) in [5.74, 6) is -0.820. The van der Waals surface area contributed by atoms with Crippen LogP contribution in [0.1, 0.15) is 65.9 Å². The van der Waals surface area contributed by atoms with Crippen molar-refractivity contribution in [2.45, 2.75) is 57.2 Å². The summed E-state index contributed by atoms with van der Waals surface area (Å²) in [6.07, 6.45) is -2.38. The van der Waals surface area contributed by atoms with Gasteiger partial charge in [0.15, 0.2) is 0 Å². The van der Waals surface area contributed by atoms with Crippen LogP contribution in [0, 0.1) is 0 Å². The summed E-state index contributed by atoms with van der Waals surface area (Å²) in [5, 5.41) is 2.22. The van der Waals surface area contributed by atoms with Gasteiger partial charge in [-0.1, -0.05) is 12.1 Å². The van der Waals surface area contributed by atoms with E-state index in [0.29, 0.717) is 25.1 Å². The summed E-state index contributed by atoms with van der Waals surface area (Å²) in [5.41, 5.74) is 2.32. The minimum atomic E-state index is -4.13. The molecular weight excluding hydrogens is 399 g/mol. The normalized spacial score (nSPS) is 21.5. The molecule has 1 aromatic rings. The molecule has 6 nitrogen and oxygen atoms in total. The first-order valence-electron chi connectivity index (χ1n) is 10.3. The van der Waals surface area contributed by atoms with E-state index in [2.05, 4.69) is 0 Å². The number of carbonyl (C=O) groups is 3. The number of hydrogen-bond donors (Lipinski definition) is 0. The van der Waals surface area contributed by atoms with E-state index in [1.807, 2.05) is 17.0 Å². The van der Waals surface area contributed by atoms with Gasteiger partial charge in [0.1, 0.15) is 0 Å². The van der Waals surface area contributed by atoms with Crippen LogP contribution in [0.4, 0.5) is 13.2 Å². The molecule has 2 fully saturated rings. The fourth-order valence-electron chi connectivity index (χ4n) is 4.53. The molecule has 30 heavy (non-hydrogen) atoms. The molecule has 9 heteroatoms. The Hall–Kier alpha value is -2.42. The number of alkyl halides is 3. The van der Waals surface area contributed by atoms with Gasteiger partial charge in [0.05, 0.1) is 13.0 Å². The second-order valence-electron chi connectivity index (χ2n) is 8.21. The molecular formula is C21H24F3N3O3. The lowest BCUT2D eigenvalue weighted by molar-refractivity contribution is -0.163. The summed E-state index contributed by atoms with van der Waals surface area (Å²) in [6.45, 7) is 1.44. The van der Waals surface area contributed by atoms with Gasteiger partial charge in [-0.05, 0) is 55.5 Å². The van der Waals surface area contributed by atoms with Crippen LogP contribution in [0.15, 0.2) is 18.2 Å². The lowest BCUT2D eigenvalue weighted by Gasteiger charge is -2.32. The van der Waals surface area contributed by atoms with Gasteiger partial charge in [-0.2, -0.15) is 18.2 Å². The number of amides is 3. The minimum Gasteiger partial charge on any atom is -0.303 e. The van der Waals surface area contributed by atoms with Crippen LogP contribution in [0.5, 0.6) is 0 Å². The Labute approximate surface area is 172 Å². The van der Waals surface area contributed by atoms with Crippen molar-refractivity contribution >= 4 is 17.7 Å². The van der Waals surface area contributed by atoms with Crippen LogP contribution in [0.25, 0.3) is 0 Å². The number of rotatable bonds is 4. The third-order valence-electron chi connectivity index (χ3n) is 6.18. The van der Waals surface area contributed by atoms with Gasteiger partial charge in [-0.3, -0.25) is 14.4 Å². The quantitative estimate of drug-likeness (QED) is 0.698. The molecule has 3 amide bonds. The number of benzene rings is 1. The molecule has 0 aromatic heterocycles. The van der Waals surface area contributed by atoms with E-state index >= 15 is 0 Å². The van der Waals surface area contributed by atoms with E-state index in [4.69, 9.17) is 0 Å². The molecule has 3 aliphatic rings. The van der Waals surface area contributed by atoms with Gasteiger partial charge in [0, 0.05) is 24.9 Å². The average molecular weight is 423 g/mol. The van der Waals surface area contributed by atoms with Gasteiger partial charge < -0.3 is 4.90 Å². The molecule has 3 heterocycles. The SMILES string of the molecule is O=C1c2ccc(C3CCN(CCC(F)(F)F)CC3)cc2CN1N1C(=O)CCCC1=O. The van der Waals surface area contributed by atoms with E-state index in [1.54, 1.807) is 6.07 Å². The summed E-state index contributed by atoms with van der Waals surface area (Å²) in [7, 11) is 0. The molecule has 0 aliphatic carbocycles. The second-order valence-corrected chi connectivity index (χ2v) is 8.21. The van der Waals surface area contributed by atoms with E-state index in [9.17, 15) is 27.6 Å². The maximum absolute atomic E-state index is 12.8. The number of likely N-dealkylation sites (tertiary alicyclic amines) is 1. The van der Waals surface area contributed by atoms with Gasteiger partial charge in [0.2, 0.25) is 11.8 Å². The van der Waals surface area contributed by atoms with Gasteiger partial charge in [-0.25, -0.2) is 5.01 Å². The first-order valence-corrected chi connectivity index (χ1v) is 10.3. The third-order valence-corrected chi connectivity index (χ3v) is 6.18. The van der Waals surface area contributed by atoms with Crippen LogP contribution in [-0.4, -0.2) is 58.4 Å². The molecule has 2 saturated heterocycles. The van der Waals surface area contributed by atoms with E-state index in [1.165, 1.54) is 5.01 Å². The Bertz CT molecular complexity index is 847. The second kappa shape index (κ2) is 8.02. The van der Waals surface area contributed by atoms with Crippen molar-refractivity contribution in [3.05, 3.63) is 34.9 Å². The number of carbonyl (C=O) groups excluding carboxylic acids is 3. The van der Waals surface area contributed by atoms with Crippen LogP contribution in [0.2, 0.25) is 0 Å². The molecule has 0 atom stereocenters. The van der Waals surface area contributed by atoms with E-state index in [0.717, 1.165) is 29.0 Å². The minimum absolute atomic E-state index is 0.0295. The Balaban J connectivity index is 1.41. The summed E-state index contributed by atoms with van der Waals surface area (Å²) in [6, 6.07) is 5.57. The van der Waals surface area contributed by atoms with Crippen molar-refractivity contribution in [3.8, 4) is 0 Å². The first kappa shape index (κ1) is 20.8. The zero-order valence-corrected chi connectivity index (χ0v) is 16.6. The van der Waals surface area contributed by atoms with Crippen molar-refractivity contribution in [2.24, 2.45) is 0 Å². The molecule has 0 bridgehead atoms. The topological polar surface area (TPSA) is 60.9 Å². The van der Waals surface area contributed by atoms with Gasteiger partial charge >= 0.3 is 6.18 Å². The van der Waals surface area contributed by atoms with Crippen LogP contribution in [0.3, 0.4) is 0 Å². The Morgan fingerprint density at radius 3 is 2.30 bits per heavy atom. The highest BCUT2D eigenvalue weighted by molar-refractivity contribution is 6.04. The van der Waals surface area contributed by atoms with Crippen molar-refractivity contribution < 1.29 is 27.6 Å². The standard InChI is InChI=1S/C21H24F3N3O3/c22-21(23,24)8-11-25-9-6-14(7-10-25)15-4-5-17-16(12-15)13-26(20(17)30)27-18(28)2-1-3-19(27)29/h4-5,12,14H,1-3,6-11,13H2. The molecule has 0 unspecified atom stereocenters. The monoisotopic (exact) mass is 423 g/mol. The molecule has 0 N–H and O–H groups in total. The van der Waals surface area contributed by atoms with Crippen molar-refractivity contribution in [1.82, 2.24) is 14.9 Å². The molecule has 162 valence electrons. The average Bonchev–Trinajstić information content (AvgIpc) is 3.02. The number of fused-ring (bicyclic) bond motifs is 1. The Morgan fingerprint density at radius 2 is 1.67 bits per heavy atom. The van der Waals surface area contributed by atoms with Crippen LogP contribution >= 0.6 is 0 Å². The zero-order valence-electron chi connectivity index (χ0n) is 16.6. The number of imide groups is 1. The van der Waals surface area contributed by atoms with Crippen molar-refractivity contribution in [1.29, 1.82) is 0 Å². The lowest BCUT2D eigenvalue weighted by atomic mass is 9.88. The highest BCUT2D eigenvalue weighted by atomic mass is 19.4. The van der Waals surface area contributed by atoms with Crippen molar-refractivity contribution in [2.75, 3.05) is 19.6 Å². The third kappa shape index (κ3) is 4.21. The maximum Gasteiger partial charge on any atom is 0.390 e. The first-order chi connectivity index (χ1) is 14.2. The zero-order chi connectivity index (χ0) is 21.5. The molecule has 3 aliphatic heterocycles. The molecule has 0 radical (unpaired) electrons. The number of nitrogens with zero attached hydrogens (tertiary/aromatic N) is 3. The van der Waals surface area contributed by atoms with E-state index in [-0.39, 0.29) is 49.6 Å². The van der Waals surface area contributed by atoms with Gasteiger partial charge in [0.25, 0.3) is 5.91 Å². The number of hydrogen-bond acceptors (Lipinski definition) is 4. The van der Waals surface area contributed by atoms with Crippen LogP contribution < -0.4 is 0 Å². The highest BCUT2D eigenvalue weighted by Gasteiger charge is 2.39. The highest BCUT2D eigenvalue weighted by Crippen LogP contribution is 2.34. The van der Waals surface area contributed by atoms with Crippen LogP contribution in [-0.2, 0) is 16.1 Å². The predicted octanol–water partition coefficient (Wildman–Crippen LogP) is 3.23. The van der Waals surface area contributed by atoms with Crippen molar-refractivity contribution in [3.63, 3.8) is 0 Å². The van der Waals surface area contributed by atoms with Gasteiger partial charge in [-0.15, -0.1) is 0 Å². The Kier molecular flexibility index (Phi) is 5.57. The molecule has 0 spiro atoms. The number of halogens is 3. The molecule has 4 rings (SSSR count). The smallest absolute Gasteiger partial charge is 0.303 e. The maximum atomic E-state index is 12.8. The molecule has 0 saturated carbocycles. The predicted molar refractivity (Wildman–Crippen MR) is 101 cm³/mol. The number of piperidine rings is 2. The fraction of sp³-hybridized carbons (Fsp3) is 0.571. The summed E-state index contributed by atoms with van der Waals surface area (Å²) in [4.78, 5) is 39.0. The summed E-state index contributed by atoms with van der Waals surface area (Å²) >= 11 is 0. The lowest BCUT2D eigenvalue weighted by Crippen LogP contribution is -2.51. The number of hydrazine groups is 1. The van der Waals surface area contributed by atoms with E-state index < -0.39 is 12.6 Å². The summed E-state index contributed by atoms with van der Waals surface area (Å²) < 4.78 is 37.3. The fourth-order valence-corrected chi connectivity index (χ4v) is 4.53. The largest absolute Gasteiger partial charge is 0.390 e. The Morgan fingerprint density at radius 1 is 1.00 bits per heavy atom.